The summed E-state index contributed by atoms with van der Waals surface area (Å²) in [4.78, 5) is 23.7. The molecule has 74 valence electrons. The van der Waals surface area contributed by atoms with Gasteiger partial charge in [0.05, 0.1) is 11.5 Å². The van der Waals surface area contributed by atoms with Crippen LogP contribution in [-0.2, 0) is 4.79 Å². The summed E-state index contributed by atoms with van der Waals surface area (Å²) < 4.78 is 0. The van der Waals surface area contributed by atoms with Crippen LogP contribution < -0.4 is 0 Å². The van der Waals surface area contributed by atoms with Crippen LogP contribution in [0.5, 0.6) is 0 Å². The van der Waals surface area contributed by atoms with Gasteiger partial charge in [-0.25, -0.2) is 0 Å². The van der Waals surface area contributed by atoms with E-state index in [0.717, 1.165) is 0 Å². The quantitative estimate of drug-likeness (QED) is 0.790. The van der Waals surface area contributed by atoms with Gasteiger partial charge in [-0.05, 0) is 11.4 Å². The van der Waals surface area contributed by atoms with E-state index in [2.05, 4.69) is 0 Å². The van der Waals surface area contributed by atoms with Crippen molar-refractivity contribution in [3.8, 4) is 0 Å². The van der Waals surface area contributed by atoms with Crippen molar-refractivity contribution in [2.24, 2.45) is 5.92 Å². The number of carboxylic acids is 1. The molecular formula is C9H9NO3S. The number of carboxylic acid groups (broad SMARTS) is 1. The van der Waals surface area contributed by atoms with Gasteiger partial charge in [-0.2, -0.15) is 11.3 Å². The first-order valence-electron chi connectivity index (χ1n) is 4.23. The highest BCUT2D eigenvalue weighted by Crippen LogP contribution is 2.19. The van der Waals surface area contributed by atoms with Crippen LogP contribution in [0, 0.1) is 5.92 Å². The van der Waals surface area contributed by atoms with E-state index in [1.807, 2.05) is 5.38 Å². The topological polar surface area (TPSA) is 57.6 Å². The van der Waals surface area contributed by atoms with Crippen molar-refractivity contribution >= 4 is 23.2 Å². The van der Waals surface area contributed by atoms with Gasteiger partial charge in [0, 0.05) is 18.5 Å². The van der Waals surface area contributed by atoms with Crippen molar-refractivity contribution in [2.75, 3.05) is 13.1 Å². The van der Waals surface area contributed by atoms with Gasteiger partial charge in [-0.15, -0.1) is 0 Å². The first-order chi connectivity index (χ1) is 6.68. The fourth-order valence-electron chi connectivity index (χ4n) is 1.37. The summed E-state index contributed by atoms with van der Waals surface area (Å²) in [5.41, 5.74) is 0.652. The summed E-state index contributed by atoms with van der Waals surface area (Å²) in [5, 5.41) is 12.2. The highest BCUT2D eigenvalue weighted by molar-refractivity contribution is 7.08. The summed E-state index contributed by atoms with van der Waals surface area (Å²) in [6.45, 7) is 0.675. The maximum absolute atomic E-state index is 11.6. The lowest BCUT2D eigenvalue weighted by Crippen LogP contribution is -2.52. The minimum atomic E-state index is -0.820. The number of hydrogen-bond donors (Lipinski definition) is 1. The molecule has 0 spiro atoms. The van der Waals surface area contributed by atoms with Gasteiger partial charge in [0.1, 0.15) is 0 Å². The molecule has 0 radical (unpaired) electrons. The van der Waals surface area contributed by atoms with Crippen LogP contribution >= 0.6 is 11.3 Å². The zero-order valence-corrected chi connectivity index (χ0v) is 8.16. The molecule has 0 aromatic carbocycles. The van der Waals surface area contributed by atoms with Crippen molar-refractivity contribution in [3.05, 3.63) is 22.4 Å². The molecule has 0 aliphatic carbocycles. The second-order valence-corrected chi connectivity index (χ2v) is 4.04. The van der Waals surface area contributed by atoms with Gasteiger partial charge in [0.2, 0.25) is 0 Å². The average molecular weight is 211 g/mol. The third kappa shape index (κ3) is 1.50. The van der Waals surface area contributed by atoms with Crippen molar-refractivity contribution in [2.45, 2.75) is 0 Å². The minimum Gasteiger partial charge on any atom is -0.481 e. The lowest BCUT2D eigenvalue weighted by atomic mass is 10.00. The Morgan fingerprint density at radius 3 is 2.71 bits per heavy atom. The number of hydrogen-bond acceptors (Lipinski definition) is 3. The third-order valence-corrected chi connectivity index (χ3v) is 2.97. The number of likely N-dealkylation sites (tertiary alicyclic amines) is 1. The summed E-state index contributed by atoms with van der Waals surface area (Å²) >= 11 is 1.46. The number of amides is 1. The largest absolute Gasteiger partial charge is 0.481 e. The molecule has 0 saturated carbocycles. The van der Waals surface area contributed by atoms with E-state index < -0.39 is 5.97 Å². The van der Waals surface area contributed by atoms with E-state index in [4.69, 9.17) is 5.11 Å². The fourth-order valence-corrected chi connectivity index (χ4v) is 2.00. The van der Waals surface area contributed by atoms with Crippen LogP contribution in [0.2, 0.25) is 0 Å². The van der Waals surface area contributed by atoms with Crippen molar-refractivity contribution in [1.29, 1.82) is 0 Å². The van der Waals surface area contributed by atoms with Crippen molar-refractivity contribution < 1.29 is 14.7 Å². The molecule has 0 bridgehead atoms. The maximum atomic E-state index is 11.6. The number of thiophene rings is 1. The first-order valence-corrected chi connectivity index (χ1v) is 5.17. The SMILES string of the molecule is O=C(O)C1CN(C(=O)c2ccsc2)C1. The predicted molar refractivity (Wildman–Crippen MR) is 51.3 cm³/mol. The van der Waals surface area contributed by atoms with Crippen molar-refractivity contribution in [3.63, 3.8) is 0 Å². The Kier molecular flexibility index (Phi) is 2.25. The lowest BCUT2D eigenvalue weighted by Gasteiger charge is -2.36. The number of carbonyl (C=O) groups is 2. The van der Waals surface area contributed by atoms with Gasteiger partial charge in [0.15, 0.2) is 0 Å². The first kappa shape index (κ1) is 9.21. The Hall–Kier alpha value is -1.36. The van der Waals surface area contributed by atoms with Gasteiger partial charge < -0.3 is 10.0 Å². The van der Waals surface area contributed by atoms with Crippen LogP contribution in [0.4, 0.5) is 0 Å². The Morgan fingerprint density at radius 2 is 2.21 bits per heavy atom. The molecule has 1 saturated heterocycles. The van der Waals surface area contributed by atoms with Crippen LogP contribution in [0.1, 0.15) is 10.4 Å². The summed E-state index contributed by atoms with van der Waals surface area (Å²) in [6, 6.07) is 1.75. The molecule has 1 amide bonds. The summed E-state index contributed by atoms with van der Waals surface area (Å²) in [7, 11) is 0. The van der Waals surface area contributed by atoms with E-state index in [-0.39, 0.29) is 11.8 Å². The molecule has 1 aromatic rings. The molecule has 2 heterocycles. The highest BCUT2D eigenvalue weighted by atomic mass is 32.1. The predicted octanol–water partition coefficient (Wildman–Crippen LogP) is 0.905. The molecule has 1 fully saturated rings. The van der Waals surface area contributed by atoms with Gasteiger partial charge >= 0.3 is 5.97 Å². The highest BCUT2D eigenvalue weighted by Gasteiger charge is 2.35. The third-order valence-electron chi connectivity index (χ3n) is 2.29. The molecule has 1 aromatic heterocycles. The smallest absolute Gasteiger partial charge is 0.310 e. The standard InChI is InChI=1S/C9H9NO3S/c11-8(6-1-2-14-5-6)10-3-7(4-10)9(12)13/h1-2,5,7H,3-4H2,(H,12,13). The molecule has 4 nitrogen and oxygen atoms in total. The Morgan fingerprint density at radius 1 is 1.50 bits per heavy atom. The Bertz CT molecular complexity index is 354. The zero-order chi connectivity index (χ0) is 10.1. The molecule has 2 rings (SSSR count). The van der Waals surface area contributed by atoms with E-state index in [0.29, 0.717) is 18.7 Å². The molecule has 1 aliphatic heterocycles. The molecule has 5 heteroatoms. The van der Waals surface area contributed by atoms with E-state index >= 15 is 0 Å². The molecule has 1 aliphatic rings. The lowest BCUT2D eigenvalue weighted by molar-refractivity contribution is -0.146. The number of rotatable bonds is 2. The zero-order valence-electron chi connectivity index (χ0n) is 7.34. The molecular weight excluding hydrogens is 202 g/mol. The van der Waals surface area contributed by atoms with E-state index in [1.165, 1.54) is 11.3 Å². The maximum Gasteiger partial charge on any atom is 0.310 e. The summed E-state index contributed by atoms with van der Waals surface area (Å²) in [6.07, 6.45) is 0. The molecule has 14 heavy (non-hydrogen) atoms. The van der Waals surface area contributed by atoms with Crippen LogP contribution in [0.3, 0.4) is 0 Å². The second kappa shape index (κ2) is 3.42. The monoisotopic (exact) mass is 211 g/mol. The van der Waals surface area contributed by atoms with Gasteiger partial charge in [-0.3, -0.25) is 9.59 Å². The Balaban J connectivity index is 1.95. The van der Waals surface area contributed by atoms with E-state index in [1.54, 1.807) is 16.3 Å². The number of aliphatic carboxylic acids is 1. The van der Waals surface area contributed by atoms with Gasteiger partial charge in [0.25, 0.3) is 5.91 Å². The normalized spacial score (nSPS) is 16.4. The molecule has 1 N–H and O–H groups in total. The molecule has 0 unspecified atom stereocenters. The molecule has 0 atom stereocenters. The van der Waals surface area contributed by atoms with Crippen LogP contribution in [0.25, 0.3) is 0 Å². The van der Waals surface area contributed by atoms with E-state index in [9.17, 15) is 9.59 Å². The van der Waals surface area contributed by atoms with Crippen molar-refractivity contribution in [1.82, 2.24) is 4.90 Å². The van der Waals surface area contributed by atoms with Crippen LogP contribution in [0.15, 0.2) is 16.8 Å². The van der Waals surface area contributed by atoms with Gasteiger partial charge in [-0.1, -0.05) is 0 Å². The number of nitrogens with zero attached hydrogens (tertiary/aromatic N) is 1. The average Bonchev–Trinajstić information content (AvgIpc) is 2.51. The minimum absolute atomic E-state index is 0.0660. The second-order valence-electron chi connectivity index (χ2n) is 3.26. The fraction of sp³-hybridized carbons (Fsp3) is 0.333. The number of carbonyl (C=O) groups excluding carboxylic acids is 1. The summed E-state index contributed by atoms with van der Waals surface area (Å²) in [5.74, 6) is -1.26. The van der Waals surface area contributed by atoms with Crippen LogP contribution in [-0.4, -0.2) is 35.0 Å². The Labute approximate surface area is 84.8 Å².